The minimum absolute atomic E-state index is 0.0331. The number of aromatic nitrogens is 2. The lowest BCUT2D eigenvalue weighted by Gasteiger charge is -2.35. The molecule has 1 aliphatic rings. The monoisotopic (exact) mass is 453 g/mol. The summed E-state index contributed by atoms with van der Waals surface area (Å²) < 4.78 is 0. The normalized spacial score (nSPS) is 16.3. The summed E-state index contributed by atoms with van der Waals surface area (Å²) in [6.45, 7) is 8.82. The van der Waals surface area contributed by atoms with Gasteiger partial charge in [0.15, 0.2) is 0 Å². The van der Waals surface area contributed by atoms with E-state index < -0.39 is 0 Å². The maximum atomic E-state index is 12.8. The molecule has 3 heterocycles. The molecule has 8 heteroatoms. The van der Waals surface area contributed by atoms with Crippen LogP contribution in [0.2, 0.25) is 0 Å². The minimum Gasteiger partial charge on any atom is -0.348 e. The van der Waals surface area contributed by atoms with E-state index in [0.717, 1.165) is 53.6 Å². The van der Waals surface area contributed by atoms with Gasteiger partial charge < -0.3 is 15.2 Å². The number of aromatic amines is 1. The average Bonchev–Trinajstić information content (AvgIpc) is 3.07. The molecule has 1 aliphatic heterocycles. The Morgan fingerprint density at radius 1 is 1.19 bits per heavy atom. The molecule has 0 saturated carbocycles. The zero-order chi connectivity index (χ0) is 22.7. The van der Waals surface area contributed by atoms with Crippen molar-refractivity contribution in [2.24, 2.45) is 0 Å². The minimum atomic E-state index is -0.121. The summed E-state index contributed by atoms with van der Waals surface area (Å²) in [5.41, 5.74) is 1.97. The SMILES string of the molecule is Cc1sc2nc(CCC(=O)NC(CN3CCN(C)CC3)c3ccccc3)[nH]c(=O)c2c1C. The van der Waals surface area contributed by atoms with Gasteiger partial charge in [-0.2, -0.15) is 0 Å². The van der Waals surface area contributed by atoms with Crippen molar-refractivity contribution in [3.63, 3.8) is 0 Å². The number of piperazine rings is 1. The molecule has 1 atom stereocenters. The van der Waals surface area contributed by atoms with Crippen LogP contribution in [0.4, 0.5) is 0 Å². The van der Waals surface area contributed by atoms with Crippen molar-refractivity contribution < 1.29 is 4.79 Å². The molecule has 4 rings (SSSR count). The van der Waals surface area contributed by atoms with Gasteiger partial charge in [0.1, 0.15) is 10.7 Å². The first-order valence-corrected chi connectivity index (χ1v) is 12.0. The van der Waals surface area contributed by atoms with Crippen molar-refractivity contribution in [1.29, 1.82) is 0 Å². The number of hydrogen-bond acceptors (Lipinski definition) is 6. The molecular formula is C24H31N5O2S. The highest BCUT2D eigenvalue weighted by molar-refractivity contribution is 7.18. The zero-order valence-electron chi connectivity index (χ0n) is 19.0. The molecule has 170 valence electrons. The number of nitrogens with zero attached hydrogens (tertiary/aromatic N) is 3. The van der Waals surface area contributed by atoms with Gasteiger partial charge in [0.05, 0.1) is 11.4 Å². The van der Waals surface area contributed by atoms with Gasteiger partial charge in [-0.15, -0.1) is 11.3 Å². The van der Waals surface area contributed by atoms with Crippen LogP contribution in [-0.2, 0) is 11.2 Å². The fraction of sp³-hybridized carbons (Fsp3) is 0.458. The maximum absolute atomic E-state index is 12.8. The Kier molecular flexibility index (Phi) is 7.03. The van der Waals surface area contributed by atoms with Gasteiger partial charge in [-0.3, -0.25) is 14.5 Å². The summed E-state index contributed by atoms with van der Waals surface area (Å²) >= 11 is 1.53. The van der Waals surface area contributed by atoms with Crippen molar-refractivity contribution >= 4 is 27.5 Å². The molecule has 0 radical (unpaired) electrons. The Hall–Kier alpha value is -2.55. The third-order valence-electron chi connectivity index (χ3n) is 6.25. The van der Waals surface area contributed by atoms with Crippen LogP contribution in [0.25, 0.3) is 10.2 Å². The smallest absolute Gasteiger partial charge is 0.259 e. The standard InChI is InChI=1S/C24H31N5O2S/c1-16-17(2)32-24-22(16)23(31)26-20(27-24)9-10-21(30)25-19(18-7-5-4-6-8-18)15-29-13-11-28(3)12-14-29/h4-8,19H,9-15H2,1-3H3,(H,25,30)(H,26,27,31). The van der Waals surface area contributed by atoms with E-state index in [1.54, 1.807) is 0 Å². The number of carbonyl (C=O) groups is 1. The van der Waals surface area contributed by atoms with E-state index in [1.165, 1.54) is 11.3 Å². The fourth-order valence-electron chi connectivity index (χ4n) is 4.12. The summed E-state index contributed by atoms with van der Waals surface area (Å²) in [5, 5.41) is 3.88. The molecule has 2 N–H and O–H groups in total. The molecular weight excluding hydrogens is 422 g/mol. The second-order valence-electron chi connectivity index (χ2n) is 8.61. The summed E-state index contributed by atoms with van der Waals surface area (Å²) in [6, 6.07) is 10.1. The lowest BCUT2D eigenvalue weighted by molar-refractivity contribution is -0.122. The van der Waals surface area contributed by atoms with Gasteiger partial charge in [-0.1, -0.05) is 30.3 Å². The summed E-state index contributed by atoms with van der Waals surface area (Å²) in [7, 11) is 2.14. The molecule has 7 nitrogen and oxygen atoms in total. The van der Waals surface area contributed by atoms with Crippen molar-refractivity contribution in [2.75, 3.05) is 39.8 Å². The summed E-state index contributed by atoms with van der Waals surface area (Å²) in [6.07, 6.45) is 0.687. The molecule has 1 unspecified atom stereocenters. The van der Waals surface area contributed by atoms with Crippen LogP contribution in [0.5, 0.6) is 0 Å². The number of thiophene rings is 1. The number of benzene rings is 1. The quantitative estimate of drug-likeness (QED) is 0.575. The third-order valence-corrected chi connectivity index (χ3v) is 7.35. The number of hydrogen-bond donors (Lipinski definition) is 2. The summed E-state index contributed by atoms with van der Waals surface area (Å²) in [5.74, 6) is 0.531. The number of aryl methyl sites for hydroxylation is 3. The van der Waals surface area contributed by atoms with Crippen molar-refractivity contribution in [3.05, 3.63) is 62.5 Å². The van der Waals surface area contributed by atoms with Crippen LogP contribution in [0, 0.1) is 13.8 Å². The first-order valence-electron chi connectivity index (χ1n) is 11.1. The Morgan fingerprint density at radius 2 is 1.91 bits per heavy atom. The van der Waals surface area contributed by atoms with Crippen molar-refractivity contribution in [1.82, 2.24) is 25.1 Å². The Balaban J connectivity index is 1.42. The second kappa shape index (κ2) is 9.94. The molecule has 2 aromatic heterocycles. The van der Waals surface area contributed by atoms with Crippen molar-refractivity contribution in [2.45, 2.75) is 32.7 Å². The number of H-pyrrole nitrogens is 1. The number of amides is 1. The molecule has 1 amide bonds. The predicted molar refractivity (Wildman–Crippen MR) is 129 cm³/mol. The van der Waals surface area contributed by atoms with E-state index in [9.17, 15) is 9.59 Å². The van der Waals surface area contributed by atoms with Gasteiger partial charge in [-0.25, -0.2) is 4.98 Å². The highest BCUT2D eigenvalue weighted by Gasteiger charge is 2.21. The topological polar surface area (TPSA) is 81.3 Å². The van der Waals surface area contributed by atoms with Crippen LogP contribution in [0.3, 0.4) is 0 Å². The number of fused-ring (bicyclic) bond motifs is 1. The number of carbonyl (C=O) groups excluding carboxylic acids is 1. The number of nitrogens with one attached hydrogen (secondary N) is 2. The van der Waals surface area contributed by atoms with E-state index in [4.69, 9.17) is 0 Å². The molecule has 32 heavy (non-hydrogen) atoms. The molecule has 1 aromatic carbocycles. The van der Waals surface area contributed by atoms with E-state index in [-0.39, 0.29) is 23.9 Å². The third kappa shape index (κ3) is 5.26. The predicted octanol–water partition coefficient (Wildman–Crippen LogP) is 2.64. The van der Waals surface area contributed by atoms with Crippen LogP contribution >= 0.6 is 11.3 Å². The summed E-state index contributed by atoms with van der Waals surface area (Å²) in [4.78, 5) is 39.4. The van der Waals surface area contributed by atoms with Gasteiger partial charge in [0.25, 0.3) is 5.56 Å². The first-order chi connectivity index (χ1) is 15.4. The van der Waals surface area contributed by atoms with E-state index in [1.807, 2.05) is 32.0 Å². The Labute approximate surface area is 192 Å². The first kappa shape index (κ1) is 22.6. The second-order valence-corrected chi connectivity index (χ2v) is 9.81. The average molecular weight is 454 g/mol. The van der Waals surface area contributed by atoms with Gasteiger partial charge >= 0.3 is 0 Å². The molecule has 0 aliphatic carbocycles. The van der Waals surface area contributed by atoms with Crippen LogP contribution in [0.1, 0.15) is 34.3 Å². The van der Waals surface area contributed by atoms with E-state index in [2.05, 4.69) is 44.3 Å². The maximum Gasteiger partial charge on any atom is 0.259 e. The molecule has 0 bridgehead atoms. The molecule has 3 aromatic rings. The van der Waals surface area contributed by atoms with E-state index >= 15 is 0 Å². The van der Waals surface area contributed by atoms with Crippen LogP contribution in [0.15, 0.2) is 35.1 Å². The van der Waals surface area contributed by atoms with Gasteiger partial charge in [0, 0.05) is 50.4 Å². The fourth-order valence-corrected chi connectivity index (χ4v) is 5.17. The highest BCUT2D eigenvalue weighted by atomic mass is 32.1. The lowest BCUT2D eigenvalue weighted by atomic mass is 10.1. The van der Waals surface area contributed by atoms with Gasteiger partial charge in [-0.05, 0) is 32.0 Å². The van der Waals surface area contributed by atoms with Gasteiger partial charge in [0.2, 0.25) is 5.91 Å². The van der Waals surface area contributed by atoms with E-state index in [0.29, 0.717) is 17.6 Å². The number of likely N-dealkylation sites (N-methyl/N-ethyl adjacent to an activating group) is 1. The molecule has 1 saturated heterocycles. The Morgan fingerprint density at radius 3 is 2.62 bits per heavy atom. The molecule has 0 spiro atoms. The Bertz CT molecular complexity index is 1130. The molecule has 1 fully saturated rings. The lowest BCUT2D eigenvalue weighted by Crippen LogP contribution is -2.47. The zero-order valence-corrected chi connectivity index (χ0v) is 19.8. The number of rotatable bonds is 7. The largest absolute Gasteiger partial charge is 0.348 e. The highest BCUT2D eigenvalue weighted by Crippen LogP contribution is 2.25. The van der Waals surface area contributed by atoms with Crippen molar-refractivity contribution in [3.8, 4) is 0 Å². The van der Waals surface area contributed by atoms with Crippen LogP contribution in [-0.4, -0.2) is 65.4 Å². The van der Waals surface area contributed by atoms with Crippen LogP contribution < -0.4 is 10.9 Å².